The number of carbonyl (C=O) groups is 2. The monoisotopic (exact) mass is 466 g/mol. The normalized spacial score (nSPS) is 14.2. The molecule has 1 aliphatic heterocycles. The number of piperazine rings is 1. The van der Waals surface area contributed by atoms with Crippen LogP contribution in [-0.4, -0.2) is 65.3 Å². The lowest BCUT2D eigenvalue weighted by Crippen LogP contribution is -2.46. The van der Waals surface area contributed by atoms with Crippen LogP contribution in [-0.2, 0) is 11.3 Å². The topological polar surface area (TPSA) is 94.9 Å². The summed E-state index contributed by atoms with van der Waals surface area (Å²) in [6, 6.07) is 12.3. The van der Waals surface area contributed by atoms with E-state index in [0.717, 1.165) is 13.1 Å². The molecule has 2 heterocycles. The summed E-state index contributed by atoms with van der Waals surface area (Å²) in [6.45, 7) is 8.48. The number of ether oxygens (including phenoxy) is 3. The maximum Gasteiger partial charge on any atom is 0.420 e. The van der Waals surface area contributed by atoms with Crippen LogP contribution >= 0.6 is 0 Å². The summed E-state index contributed by atoms with van der Waals surface area (Å²) >= 11 is 0. The van der Waals surface area contributed by atoms with Gasteiger partial charge in [0.1, 0.15) is 23.7 Å². The van der Waals surface area contributed by atoms with Gasteiger partial charge < -0.3 is 24.4 Å². The quantitative estimate of drug-likeness (QED) is 0.615. The third kappa shape index (κ3) is 5.31. The molecule has 0 atom stereocenters. The van der Waals surface area contributed by atoms with Gasteiger partial charge >= 0.3 is 6.09 Å². The fourth-order valence-corrected chi connectivity index (χ4v) is 3.74. The molecular weight excluding hydrogens is 436 g/mol. The molecule has 180 valence electrons. The molecule has 1 fully saturated rings. The molecule has 0 unspecified atom stereocenters. The maximum absolute atomic E-state index is 13.0. The Balaban J connectivity index is 1.53. The van der Waals surface area contributed by atoms with E-state index in [2.05, 4.69) is 10.3 Å². The van der Waals surface area contributed by atoms with Gasteiger partial charge in [-0.2, -0.15) is 0 Å². The summed E-state index contributed by atoms with van der Waals surface area (Å²) < 4.78 is 18.2. The first-order chi connectivity index (χ1) is 16.2. The largest absolute Gasteiger partial charge is 0.497 e. The lowest BCUT2D eigenvalue weighted by Gasteiger charge is -2.27. The van der Waals surface area contributed by atoms with Crippen LogP contribution in [0, 0.1) is 0 Å². The zero-order valence-corrected chi connectivity index (χ0v) is 20.0. The molecule has 34 heavy (non-hydrogen) atoms. The number of benzene rings is 2. The zero-order valence-electron chi connectivity index (χ0n) is 20.0. The van der Waals surface area contributed by atoms with Crippen molar-refractivity contribution in [2.45, 2.75) is 33.0 Å². The Morgan fingerprint density at radius 1 is 1.03 bits per heavy atom. The fraction of sp³-hybridized carbons (Fsp3) is 0.400. The number of imidazole rings is 1. The fourth-order valence-electron chi connectivity index (χ4n) is 3.74. The van der Waals surface area contributed by atoms with E-state index < -0.39 is 11.7 Å². The Morgan fingerprint density at radius 2 is 1.71 bits per heavy atom. The minimum Gasteiger partial charge on any atom is -0.497 e. The summed E-state index contributed by atoms with van der Waals surface area (Å²) in [5.74, 6) is 1.61. The zero-order chi connectivity index (χ0) is 24.3. The second-order valence-corrected chi connectivity index (χ2v) is 9.05. The first-order valence-corrected chi connectivity index (χ1v) is 11.3. The van der Waals surface area contributed by atoms with Crippen LogP contribution in [0.3, 0.4) is 0 Å². The molecule has 2 aromatic carbocycles. The molecule has 0 saturated carbocycles. The molecule has 4 rings (SSSR count). The van der Waals surface area contributed by atoms with E-state index in [4.69, 9.17) is 14.2 Å². The van der Waals surface area contributed by atoms with Crippen molar-refractivity contribution < 1.29 is 23.8 Å². The standard InChI is InChI=1S/C25H30N4O5/c1-25(2,3)34-24(31)29-21-10-9-19(32-4)15-20(21)27-22(29)16-33-18-7-5-17(6-8-18)23(30)28-13-11-26-12-14-28/h5-10,15,26H,11-14,16H2,1-4H3. The van der Waals surface area contributed by atoms with Crippen molar-refractivity contribution in [3.8, 4) is 11.5 Å². The number of rotatable bonds is 5. The van der Waals surface area contributed by atoms with Crippen molar-refractivity contribution in [2.24, 2.45) is 0 Å². The van der Waals surface area contributed by atoms with Gasteiger partial charge in [-0.15, -0.1) is 0 Å². The van der Waals surface area contributed by atoms with Gasteiger partial charge in [-0.05, 0) is 57.2 Å². The van der Waals surface area contributed by atoms with Gasteiger partial charge in [-0.1, -0.05) is 0 Å². The van der Waals surface area contributed by atoms with E-state index in [1.807, 2.05) is 25.7 Å². The van der Waals surface area contributed by atoms with Crippen molar-refractivity contribution in [3.05, 3.63) is 53.9 Å². The number of carbonyl (C=O) groups excluding carboxylic acids is 2. The third-order valence-electron chi connectivity index (χ3n) is 5.38. The highest BCUT2D eigenvalue weighted by atomic mass is 16.6. The molecule has 1 amide bonds. The summed E-state index contributed by atoms with van der Waals surface area (Å²) in [5, 5.41) is 3.24. The van der Waals surface area contributed by atoms with Crippen molar-refractivity contribution in [3.63, 3.8) is 0 Å². The summed E-state index contributed by atoms with van der Waals surface area (Å²) in [6.07, 6.45) is -0.532. The van der Waals surface area contributed by atoms with Crippen molar-refractivity contribution >= 4 is 23.0 Å². The Kier molecular flexibility index (Phi) is 6.74. The number of hydrogen-bond acceptors (Lipinski definition) is 7. The van der Waals surface area contributed by atoms with Gasteiger partial charge in [0.25, 0.3) is 5.91 Å². The molecule has 3 aromatic rings. The molecule has 9 heteroatoms. The molecule has 0 radical (unpaired) electrons. The Labute approximate surface area is 198 Å². The highest BCUT2D eigenvalue weighted by Gasteiger charge is 2.24. The number of hydrogen-bond donors (Lipinski definition) is 1. The number of aromatic nitrogens is 2. The lowest BCUT2D eigenvalue weighted by atomic mass is 10.2. The van der Waals surface area contributed by atoms with Crippen molar-refractivity contribution in [1.82, 2.24) is 19.8 Å². The Morgan fingerprint density at radius 3 is 2.35 bits per heavy atom. The van der Waals surface area contributed by atoms with Crippen LogP contribution in [0.15, 0.2) is 42.5 Å². The first kappa shape index (κ1) is 23.6. The summed E-state index contributed by atoms with van der Waals surface area (Å²) in [7, 11) is 1.58. The highest BCUT2D eigenvalue weighted by molar-refractivity contribution is 5.94. The van der Waals surface area contributed by atoms with E-state index in [0.29, 0.717) is 47.0 Å². The molecule has 0 aliphatic carbocycles. The third-order valence-corrected chi connectivity index (χ3v) is 5.38. The second kappa shape index (κ2) is 9.72. The van der Waals surface area contributed by atoms with Gasteiger partial charge in [0.2, 0.25) is 0 Å². The number of fused-ring (bicyclic) bond motifs is 1. The van der Waals surface area contributed by atoms with Gasteiger partial charge in [-0.25, -0.2) is 14.3 Å². The number of amides is 1. The van der Waals surface area contributed by atoms with E-state index in [1.165, 1.54) is 4.57 Å². The maximum atomic E-state index is 13.0. The minimum absolute atomic E-state index is 0.00807. The van der Waals surface area contributed by atoms with E-state index >= 15 is 0 Å². The molecule has 0 spiro atoms. The smallest absolute Gasteiger partial charge is 0.420 e. The molecule has 0 bridgehead atoms. The van der Waals surface area contributed by atoms with Gasteiger partial charge in [0, 0.05) is 37.8 Å². The van der Waals surface area contributed by atoms with Crippen molar-refractivity contribution in [2.75, 3.05) is 33.3 Å². The molecule has 9 nitrogen and oxygen atoms in total. The average Bonchev–Trinajstić information content (AvgIpc) is 3.19. The van der Waals surface area contributed by atoms with E-state index in [9.17, 15) is 9.59 Å². The average molecular weight is 467 g/mol. The number of methoxy groups -OCH3 is 1. The Bertz CT molecular complexity index is 1170. The second-order valence-electron chi connectivity index (χ2n) is 9.05. The number of nitrogens with one attached hydrogen (secondary N) is 1. The minimum atomic E-state index is -0.662. The SMILES string of the molecule is COc1ccc2c(c1)nc(COc1ccc(C(=O)N3CCNCC3)cc1)n2C(=O)OC(C)(C)C. The van der Waals surface area contributed by atoms with Crippen LogP contribution in [0.2, 0.25) is 0 Å². The molecule has 1 aliphatic rings. The van der Waals surface area contributed by atoms with Crippen LogP contribution in [0.25, 0.3) is 11.0 Å². The first-order valence-electron chi connectivity index (χ1n) is 11.3. The van der Waals surface area contributed by atoms with Gasteiger partial charge in [0.15, 0.2) is 5.82 Å². The summed E-state index contributed by atoms with van der Waals surface area (Å²) in [5.41, 5.74) is 1.15. The molecule has 1 N–H and O–H groups in total. The Hall–Kier alpha value is -3.59. The van der Waals surface area contributed by atoms with Crippen molar-refractivity contribution in [1.29, 1.82) is 0 Å². The number of nitrogens with zero attached hydrogens (tertiary/aromatic N) is 3. The molecule has 1 saturated heterocycles. The van der Waals surface area contributed by atoms with Gasteiger partial charge in [-0.3, -0.25) is 4.79 Å². The predicted molar refractivity (Wildman–Crippen MR) is 127 cm³/mol. The molecule has 1 aromatic heterocycles. The molecular formula is C25H30N4O5. The highest BCUT2D eigenvalue weighted by Crippen LogP contribution is 2.24. The van der Waals surface area contributed by atoms with Crippen LogP contribution < -0.4 is 14.8 Å². The van der Waals surface area contributed by atoms with E-state index in [-0.39, 0.29) is 12.5 Å². The summed E-state index contributed by atoms with van der Waals surface area (Å²) in [4.78, 5) is 32.0. The van der Waals surface area contributed by atoms with E-state index in [1.54, 1.807) is 49.6 Å². The van der Waals surface area contributed by atoms with Crippen LogP contribution in [0.1, 0.15) is 37.0 Å². The van der Waals surface area contributed by atoms with Gasteiger partial charge in [0.05, 0.1) is 18.1 Å². The van der Waals surface area contributed by atoms with Crippen LogP contribution in [0.5, 0.6) is 11.5 Å². The predicted octanol–water partition coefficient (Wildman–Crippen LogP) is 3.45. The lowest BCUT2D eigenvalue weighted by molar-refractivity contribution is 0.0533. The van der Waals surface area contributed by atoms with Crippen LogP contribution in [0.4, 0.5) is 4.79 Å².